The number of primary amides is 1. The molecular weight excluding hydrogens is 666 g/mol. The van der Waals surface area contributed by atoms with E-state index >= 15 is 0 Å². The zero-order valence-electron chi connectivity index (χ0n) is 28.1. The van der Waals surface area contributed by atoms with Crippen LogP contribution in [0.4, 0.5) is 4.79 Å². The molecule has 3 aromatic carbocycles. The van der Waals surface area contributed by atoms with Gasteiger partial charge in [-0.2, -0.15) is 9.35 Å². The van der Waals surface area contributed by atoms with E-state index in [1.54, 1.807) is 0 Å². The Morgan fingerprint density at radius 2 is 1.42 bits per heavy atom. The summed E-state index contributed by atoms with van der Waals surface area (Å²) in [5.74, 6) is 1.59. The molecule has 0 radical (unpaired) electrons. The lowest BCUT2D eigenvalue weighted by Crippen LogP contribution is -2.48. The number of amides is 3. The summed E-state index contributed by atoms with van der Waals surface area (Å²) in [6.45, 7) is 12.5. The third kappa shape index (κ3) is 8.14. The molecule has 1 fully saturated rings. The zero-order chi connectivity index (χ0) is 35.3. The van der Waals surface area contributed by atoms with Gasteiger partial charge in [0, 0.05) is 5.57 Å². The molecule has 13 heteroatoms. The van der Waals surface area contributed by atoms with Gasteiger partial charge in [0.05, 0.1) is 25.0 Å². The fraction of sp³-hybridized carbons (Fsp3) is 0.314. The Bertz CT molecular complexity index is 1650. The van der Waals surface area contributed by atoms with Gasteiger partial charge in [0.25, 0.3) is 0 Å². The van der Waals surface area contributed by atoms with Crippen LogP contribution in [0, 0.1) is 0 Å². The molecule has 5 rings (SSSR count). The molecule has 0 unspecified atom stereocenters. The highest BCUT2D eigenvalue weighted by Gasteiger charge is 2.50. The Labute approximate surface area is 285 Å². The van der Waals surface area contributed by atoms with Gasteiger partial charge < -0.3 is 19.6 Å². The van der Waals surface area contributed by atoms with Crippen molar-refractivity contribution in [3.63, 3.8) is 0 Å². The fourth-order valence-corrected chi connectivity index (χ4v) is 10.7. The number of fused-ring (bicyclic) bond motifs is 2. The highest BCUT2D eigenvalue weighted by molar-refractivity contribution is 7.98. The zero-order valence-corrected chi connectivity index (χ0v) is 30.9. The van der Waals surface area contributed by atoms with Gasteiger partial charge in [0.2, 0.25) is 16.3 Å². The van der Waals surface area contributed by atoms with Crippen LogP contribution in [0.3, 0.4) is 0 Å². The van der Waals surface area contributed by atoms with Gasteiger partial charge in [-0.25, -0.2) is 13.2 Å². The number of nitrogens with zero attached hydrogens (tertiary/aromatic N) is 2. The number of nitrogens with two attached hydrogens (primary N) is 1. The summed E-state index contributed by atoms with van der Waals surface area (Å²) >= 11 is 0. The first kappa shape index (κ1) is 37.2. The maximum absolute atomic E-state index is 12.5. The summed E-state index contributed by atoms with van der Waals surface area (Å²) in [5.41, 5.74) is 5.37. The average molecular weight is 710 g/mol. The van der Waals surface area contributed by atoms with E-state index < -0.39 is 50.0 Å². The van der Waals surface area contributed by atoms with Crippen LogP contribution in [0.2, 0.25) is 18.1 Å². The minimum absolute atomic E-state index is 0.0135. The van der Waals surface area contributed by atoms with Crippen LogP contribution in [0.15, 0.2) is 115 Å². The number of hydrogen-bond acceptors (Lipinski definition) is 7. The molecule has 2 aliphatic rings. The van der Waals surface area contributed by atoms with Crippen molar-refractivity contribution in [3.8, 4) is 0 Å². The van der Waals surface area contributed by atoms with Crippen LogP contribution in [-0.4, -0.2) is 68.4 Å². The van der Waals surface area contributed by atoms with Crippen LogP contribution in [0.25, 0.3) is 0 Å². The Morgan fingerprint density at radius 3 is 1.79 bits per heavy atom. The molecular formula is C35H44N3O7PSSi. The van der Waals surface area contributed by atoms with Crippen molar-refractivity contribution in [2.45, 2.75) is 57.9 Å². The minimum Gasteiger partial charge on any atom is -0.724 e. The molecule has 0 aliphatic carbocycles. The van der Waals surface area contributed by atoms with Crippen molar-refractivity contribution in [1.82, 2.24) is 9.96 Å². The third-order valence-electron chi connectivity index (χ3n) is 8.96. The molecule has 0 saturated carbocycles. The molecule has 2 N–H and O–H groups in total. The van der Waals surface area contributed by atoms with Crippen molar-refractivity contribution in [2.75, 3.05) is 13.2 Å². The van der Waals surface area contributed by atoms with Gasteiger partial charge in [-0.05, 0) is 67.5 Å². The molecule has 1 saturated heterocycles. The third-order valence-corrected chi connectivity index (χ3v) is 17.9. The van der Waals surface area contributed by atoms with Gasteiger partial charge in [-0.1, -0.05) is 81.4 Å². The van der Waals surface area contributed by atoms with Crippen LogP contribution < -0.4 is 21.6 Å². The molecule has 2 aliphatic heterocycles. The van der Waals surface area contributed by atoms with Crippen molar-refractivity contribution in [1.29, 1.82) is 0 Å². The second-order valence-corrected chi connectivity index (χ2v) is 22.2. The number of rotatable bonds is 10. The summed E-state index contributed by atoms with van der Waals surface area (Å²) in [4.78, 5) is 25.5. The average Bonchev–Trinajstić information content (AvgIpc) is 3.29. The number of allylic oxidation sites excluding steroid dienone is 1. The van der Waals surface area contributed by atoms with E-state index in [9.17, 15) is 22.6 Å². The van der Waals surface area contributed by atoms with Gasteiger partial charge in [0.15, 0.2) is 8.32 Å². The lowest BCUT2D eigenvalue weighted by Gasteiger charge is -2.38. The molecule has 0 spiro atoms. The number of carbonyl (C=O) groups excluding carboxylic acids is 2. The van der Waals surface area contributed by atoms with Crippen molar-refractivity contribution >= 4 is 53.8 Å². The maximum Gasteiger partial charge on any atom is 0.346 e. The molecule has 2 atom stereocenters. The first-order chi connectivity index (χ1) is 22.5. The highest BCUT2D eigenvalue weighted by atomic mass is 32.3. The molecule has 3 amide bonds. The van der Waals surface area contributed by atoms with Gasteiger partial charge in [-0.3, -0.25) is 4.79 Å². The predicted octanol–water partition coefficient (Wildman–Crippen LogP) is 4.81. The van der Waals surface area contributed by atoms with Gasteiger partial charge in [-0.15, -0.1) is 0 Å². The van der Waals surface area contributed by atoms with E-state index in [1.165, 1.54) is 26.9 Å². The minimum atomic E-state index is -5.18. The Hall–Kier alpha value is -3.64. The van der Waals surface area contributed by atoms with Crippen LogP contribution in [-0.2, 0) is 23.9 Å². The normalized spacial score (nSPS) is 18.4. The summed E-state index contributed by atoms with van der Waals surface area (Å²) in [5, 5.41) is 4.52. The monoisotopic (exact) mass is 709 g/mol. The molecule has 10 nitrogen and oxygen atoms in total. The van der Waals surface area contributed by atoms with Crippen LogP contribution >= 0.6 is 7.26 Å². The molecule has 0 aromatic heterocycles. The number of hydroxylamine groups is 2. The predicted molar refractivity (Wildman–Crippen MR) is 193 cm³/mol. The Balaban J connectivity index is 0.000000219. The Kier molecular flexibility index (Phi) is 11.5. The molecule has 48 heavy (non-hydrogen) atoms. The van der Waals surface area contributed by atoms with E-state index in [1.807, 2.05) is 13.1 Å². The topological polar surface area (TPSA) is 142 Å². The first-order valence-corrected chi connectivity index (χ1v) is 21.7. The fourth-order valence-electron chi connectivity index (χ4n) is 5.50. The van der Waals surface area contributed by atoms with E-state index in [4.69, 9.17) is 10.2 Å². The number of benzene rings is 3. The van der Waals surface area contributed by atoms with Crippen LogP contribution in [0.1, 0.15) is 27.7 Å². The maximum atomic E-state index is 12.5. The van der Waals surface area contributed by atoms with E-state index in [2.05, 4.69) is 135 Å². The lowest BCUT2D eigenvalue weighted by atomic mass is 10.00. The van der Waals surface area contributed by atoms with Crippen molar-refractivity contribution in [3.05, 3.63) is 115 Å². The SMILES string of the molecule is CC(C)(C)[Si](C)(C)OC[C@@H]1C=C(C(N)=O)[C@@H]2CN1C(=O)N2OS(=O)(=O)[O-].CC=C[P+](c1ccccc1)(c1ccccc1)c1ccccc1. The Morgan fingerprint density at radius 1 is 0.958 bits per heavy atom. The smallest absolute Gasteiger partial charge is 0.346 e. The largest absolute Gasteiger partial charge is 0.724 e. The summed E-state index contributed by atoms with van der Waals surface area (Å²) in [7, 11) is -9.03. The molecule has 2 bridgehead atoms. The number of carbonyl (C=O) groups is 2. The quantitative estimate of drug-likeness (QED) is 0.138. The molecule has 3 aromatic rings. The van der Waals surface area contributed by atoms with E-state index in [-0.39, 0.29) is 23.8 Å². The van der Waals surface area contributed by atoms with Crippen LogP contribution in [0.5, 0.6) is 0 Å². The van der Waals surface area contributed by atoms with Gasteiger partial charge in [0.1, 0.15) is 29.2 Å². The van der Waals surface area contributed by atoms with Gasteiger partial charge >= 0.3 is 6.03 Å². The summed E-state index contributed by atoms with van der Waals surface area (Å²) in [6, 6.07) is 30.1. The standard InChI is InChI=1S/C21H20P.C14H25N3O7SSi/c1-2-18-22(19-12-6-3-7-13-19,20-14-8-4-9-15-20)21-16-10-5-11-17-21;1-14(2,3)26(4,5)23-8-9-6-10(12(15)18)11-7-16(9)13(19)17(11)24-25(20,21)22/h2-18H,1H3;6,9,11H,7-8H2,1-5H3,(H2,15,18)(H,20,21,22)/q+1;/p-1/t;9-,11-/m.0/s1. The number of hydrogen-bond donors (Lipinski definition) is 1. The second-order valence-electron chi connectivity index (χ2n) is 13.1. The summed E-state index contributed by atoms with van der Waals surface area (Å²) in [6.07, 6.45) is 3.67. The van der Waals surface area contributed by atoms with Crippen molar-refractivity contribution < 1.29 is 31.3 Å². The van der Waals surface area contributed by atoms with E-state index in [0.717, 1.165) is 0 Å². The lowest BCUT2D eigenvalue weighted by molar-refractivity contribution is -0.116. The number of urea groups is 1. The first-order valence-electron chi connectivity index (χ1n) is 15.6. The summed E-state index contributed by atoms with van der Waals surface area (Å²) < 4.78 is 43.0. The second kappa shape index (κ2) is 14.9. The molecule has 256 valence electrons. The van der Waals surface area contributed by atoms with E-state index in [0.29, 0.717) is 5.06 Å². The highest BCUT2D eigenvalue weighted by Crippen LogP contribution is 2.56. The molecule has 2 heterocycles. The van der Waals surface area contributed by atoms with Crippen molar-refractivity contribution in [2.24, 2.45) is 5.73 Å².